The lowest BCUT2D eigenvalue weighted by atomic mass is 10.2. The number of amides is 1. The number of aliphatic hydroxyl groups is 1. The zero-order valence-electron chi connectivity index (χ0n) is 14.6. The summed E-state index contributed by atoms with van der Waals surface area (Å²) in [6.07, 6.45) is -1.23. The van der Waals surface area contributed by atoms with Gasteiger partial charge in [0.2, 0.25) is 0 Å². The molecule has 27 heavy (non-hydrogen) atoms. The Bertz CT molecular complexity index is 771. The summed E-state index contributed by atoms with van der Waals surface area (Å²) in [4.78, 5) is 17.5. The fraction of sp³-hybridized carbons (Fsp3) is 0.368. The number of aliphatic hydroxyl groups excluding tert-OH is 1. The largest absolute Gasteiger partial charge is 0.486 e. The van der Waals surface area contributed by atoms with Gasteiger partial charge < -0.3 is 19.5 Å². The molecule has 1 aromatic heterocycles. The fourth-order valence-corrected chi connectivity index (χ4v) is 2.82. The van der Waals surface area contributed by atoms with Crippen LogP contribution in [0.3, 0.4) is 0 Å². The Morgan fingerprint density at radius 3 is 2.78 bits per heavy atom. The number of hydrogen-bond acceptors (Lipinski definition) is 5. The van der Waals surface area contributed by atoms with Gasteiger partial charge in [0.05, 0.1) is 13.2 Å². The number of alkyl halides is 2. The van der Waals surface area contributed by atoms with E-state index in [0.29, 0.717) is 25.3 Å². The number of carbonyl (C=O) groups excluding carboxylic acids is 1. The van der Waals surface area contributed by atoms with Crippen LogP contribution in [0.5, 0.6) is 11.5 Å². The molecule has 1 aromatic carbocycles. The van der Waals surface area contributed by atoms with E-state index in [9.17, 15) is 13.6 Å². The highest BCUT2D eigenvalue weighted by Crippen LogP contribution is 2.28. The van der Waals surface area contributed by atoms with Gasteiger partial charge in [-0.3, -0.25) is 9.78 Å². The van der Waals surface area contributed by atoms with Crippen LogP contribution in [-0.4, -0.2) is 46.7 Å². The van der Waals surface area contributed by atoms with E-state index in [1.54, 1.807) is 29.2 Å². The molecule has 0 bridgehead atoms. The molecule has 6 nitrogen and oxygen atoms in total. The molecule has 1 aliphatic heterocycles. The van der Waals surface area contributed by atoms with Crippen molar-refractivity contribution in [2.45, 2.75) is 25.6 Å². The Morgan fingerprint density at radius 1 is 1.30 bits per heavy atom. The van der Waals surface area contributed by atoms with Crippen molar-refractivity contribution in [3.05, 3.63) is 53.9 Å². The van der Waals surface area contributed by atoms with Gasteiger partial charge in [-0.2, -0.15) is 0 Å². The van der Waals surface area contributed by atoms with Crippen molar-refractivity contribution >= 4 is 5.91 Å². The third kappa shape index (κ3) is 4.91. The van der Waals surface area contributed by atoms with E-state index in [-0.39, 0.29) is 31.0 Å². The second-order valence-electron chi connectivity index (χ2n) is 6.15. The van der Waals surface area contributed by atoms with Crippen LogP contribution in [0.25, 0.3) is 0 Å². The van der Waals surface area contributed by atoms with Crippen LogP contribution in [0, 0.1) is 0 Å². The molecule has 0 saturated carbocycles. The molecule has 2 aromatic rings. The number of likely N-dealkylation sites (tertiary alicyclic amines) is 1. The van der Waals surface area contributed by atoms with E-state index in [2.05, 4.69) is 4.98 Å². The summed E-state index contributed by atoms with van der Waals surface area (Å²) in [7, 11) is 0. The molecule has 0 radical (unpaired) electrons. The first-order valence-corrected chi connectivity index (χ1v) is 8.57. The SMILES string of the molecule is O=C(COc1ccc(CO)cc1)N1CCC(Oc2cccnc2C(F)F)C1. The minimum atomic E-state index is -2.72. The maximum absolute atomic E-state index is 13.0. The van der Waals surface area contributed by atoms with Crippen LogP contribution >= 0.6 is 0 Å². The Labute approximate surface area is 155 Å². The third-order valence-corrected chi connectivity index (χ3v) is 4.27. The van der Waals surface area contributed by atoms with Crippen molar-refractivity contribution in [3.63, 3.8) is 0 Å². The molecular formula is C19H20F2N2O4. The van der Waals surface area contributed by atoms with Gasteiger partial charge in [0.15, 0.2) is 6.61 Å². The van der Waals surface area contributed by atoms with Crippen LogP contribution in [0.4, 0.5) is 8.78 Å². The van der Waals surface area contributed by atoms with Crippen LogP contribution in [0.2, 0.25) is 0 Å². The smallest absolute Gasteiger partial charge is 0.284 e. The first kappa shape index (κ1) is 19.0. The lowest BCUT2D eigenvalue weighted by Crippen LogP contribution is -2.34. The first-order chi connectivity index (χ1) is 13.1. The van der Waals surface area contributed by atoms with Gasteiger partial charge in [0.25, 0.3) is 12.3 Å². The Balaban J connectivity index is 1.50. The lowest BCUT2D eigenvalue weighted by Gasteiger charge is -2.18. The number of nitrogens with zero attached hydrogens (tertiary/aromatic N) is 2. The minimum Gasteiger partial charge on any atom is -0.486 e. The summed E-state index contributed by atoms with van der Waals surface area (Å²) in [5.41, 5.74) is 0.365. The molecule has 1 fully saturated rings. The lowest BCUT2D eigenvalue weighted by molar-refractivity contribution is -0.132. The van der Waals surface area contributed by atoms with E-state index in [0.717, 1.165) is 5.56 Å². The van der Waals surface area contributed by atoms with Crippen LogP contribution in [0.15, 0.2) is 42.6 Å². The van der Waals surface area contributed by atoms with Crippen molar-refractivity contribution in [1.82, 2.24) is 9.88 Å². The van der Waals surface area contributed by atoms with Crippen LogP contribution < -0.4 is 9.47 Å². The average molecular weight is 378 g/mol. The van der Waals surface area contributed by atoms with Crippen molar-refractivity contribution in [2.75, 3.05) is 19.7 Å². The number of halogens is 2. The van der Waals surface area contributed by atoms with Crippen LogP contribution in [-0.2, 0) is 11.4 Å². The van der Waals surface area contributed by atoms with Crippen molar-refractivity contribution in [3.8, 4) is 11.5 Å². The summed E-state index contributed by atoms with van der Waals surface area (Å²) >= 11 is 0. The molecule has 8 heteroatoms. The van der Waals surface area contributed by atoms with E-state index in [1.807, 2.05) is 0 Å². The van der Waals surface area contributed by atoms with Gasteiger partial charge in [-0.1, -0.05) is 12.1 Å². The summed E-state index contributed by atoms with van der Waals surface area (Å²) < 4.78 is 37.1. The second-order valence-corrected chi connectivity index (χ2v) is 6.15. The quantitative estimate of drug-likeness (QED) is 0.802. The molecule has 144 valence electrons. The van der Waals surface area contributed by atoms with Gasteiger partial charge in [-0.05, 0) is 29.8 Å². The maximum atomic E-state index is 13.0. The predicted octanol–water partition coefficient (Wildman–Crippen LogP) is 2.57. The van der Waals surface area contributed by atoms with E-state index >= 15 is 0 Å². The predicted molar refractivity (Wildman–Crippen MR) is 92.7 cm³/mol. The van der Waals surface area contributed by atoms with Crippen LogP contribution in [0.1, 0.15) is 24.1 Å². The van der Waals surface area contributed by atoms with Gasteiger partial charge in [0.1, 0.15) is 23.3 Å². The average Bonchev–Trinajstić information content (AvgIpc) is 3.15. The van der Waals surface area contributed by atoms with Crippen molar-refractivity contribution in [2.24, 2.45) is 0 Å². The minimum absolute atomic E-state index is 0.0482. The van der Waals surface area contributed by atoms with Gasteiger partial charge in [0, 0.05) is 19.2 Å². The summed E-state index contributed by atoms with van der Waals surface area (Å²) in [6.45, 7) is 0.600. The molecule has 0 spiro atoms. The van der Waals surface area contributed by atoms with Gasteiger partial charge in [-0.25, -0.2) is 8.78 Å². The molecule has 1 unspecified atom stereocenters. The summed E-state index contributed by atoms with van der Waals surface area (Å²) in [5, 5.41) is 9.01. The highest BCUT2D eigenvalue weighted by Gasteiger charge is 2.29. The van der Waals surface area contributed by atoms with Gasteiger partial charge in [-0.15, -0.1) is 0 Å². The Morgan fingerprint density at radius 2 is 2.07 bits per heavy atom. The molecular weight excluding hydrogens is 358 g/mol. The van der Waals surface area contributed by atoms with Crippen molar-refractivity contribution in [1.29, 1.82) is 0 Å². The second kappa shape index (κ2) is 8.77. The number of benzene rings is 1. The zero-order valence-corrected chi connectivity index (χ0v) is 14.6. The topological polar surface area (TPSA) is 71.9 Å². The highest BCUT2D eigenvalue weighted by atomic mass is 19.3. The van der Waals surface area contributed by atoms with E-state index in [4.69, 9.17) is 14.6 Å². The maximum Gasteiger partial charge on any atom is 0.284 e. The monoisotopic (exact) mass is 378 g/mol. The number of ether oxygens (including phenoxy) is 2. The molecule has 1 aliphatic rings. The molecule has 1 saturated heterocycles. The molecule has 1 amide bonds. The first-order valence-electron chi connectivity index (χ1n) is 8.57. The molecule has 1 N–H and O–H groups in total. The summed E-state index contributed by atoms with van der Waals surface area (Å²) in [6, 6.07) is 9.79. The molecule has 0 aliphatic carbocycles. The number of pyridine rings is 1. The number of carbonyl (C=O) groups is 1. The molecule has 1 atom stereocenters. The fourth-order valence-electron chi connectivity index (χ4n) is 2.82. The van der Waals surface area contributed by atoms with E-state index in [1.165, 1.54) is 18.3 Å². The Hall–Kier alpha value is -2.74. The van der Waals surface area contributed by atoms with Crippen molar-refractivity contribution < 1.29 is 28.2 Å². The molecule has 3 rings (SSSR count). The number of aromatic nitrogens is 1. The van der Waals surface area contributed by atoms with Gasteiger partial charge >= 0.3 is 0 Å². The number of hydrogen-bond donors (Lipinski definition) is 1. The molecule has 2 heterocycles. The number of rotatable bonds is 7. The normalized spacial score (nSPS) is 16.6. The highest BCUT2D eigenvalue weighted by molar-refractivity contribution is 5.78. The zero-order chi connectivity index (χ0) is 19.2. The standard InChI is InChI=1S/C19H20F2N2O4/c20-19(21)18-16(2-1-8-22-18)27-15-7-9-23(10-15)17(25)12-26-14-5-3-13(11-24)4-6-14/h1-6,8,15,19,24H,7,9-12H2. The summed E-state index contributed by atoms with van der Waals surface area (Å²) in [5.74, 6) is 0.379. The third-order valence-electron chi connectivity index (χ3n) is 4.27. The Kier molecular flexibility index (Phi) is 6.18. The van der Waals surface area contributed by atoms with E-state index < -0.39 is 12.1 Å².